The maximum atomic E-state index is 6.25. The van der Waals surface area contributed by atoms with Crippen molar-refractivity contribution in [1.29, 1.82) is 0 Å². The molecule has 1 aromatic heterocycles. The van der Waals surface area contributed by atoms with E-state index in [2.05, 4.69) is 23.3 Å². The second kappa shape index (κ2) is 5.94. The first kappa shape index (κ1) is 13.0. The lowest BCUT2D eigenvalue weighted by atomic mass is 10.1. The molecule has 0 spiro atoms. The van der Waals surface area contributed by atoms with Gasteiger partial charge in [-0.15, -0.1) is 0 Å². The molecule has 1 heterocycles. The van der Waals surface area contributed by atoms with Gasteiger partial charge in [-0.05, 0) is 25.2 Å². The molecule has 0 radical (unpaired) electrons. The number of anilines is 1. The number of nitrogens with one attached hydrogen (secondary N) is 1. The van der Waals surface area contributed by atoms with Gasteiger partial charge < -0.3 is 14.6 Å². The number of hydrogen-bond donors (Lipinski definition) is 1. The molecule has 1 aromatic carbocycles. The van der Waals surface area contributed by atoms with Gasteiger partial charge in [-0.1, -0.05) is 17.7 Å². The van der Waals surface area contributed by atoms with E-state index >= 15 is 0 Å². The molecule has 0 unspecified atom stereocenters. The van der Waals surface area contributed by atoms with Crippen LogP contribution in [0.2, 0.25) is 5.02 Å². The van der Waals surface area contributed by atoms with Gasteiger partial charge in [0.1, 0.15) is 0 Å². The van der Waals surface area contributed by atoms with Crippen LogP contribution in [-0.2, 0) is 13.1 Å². The quantitative estimate of drug-likeness (QED) is 0.898. The molecular weight excluding hydrogens is 248 g/mol. The summed E-state index contributed by atoms with van der Waals surface area (Å²) < 4.78 is 5.09. The van der Waals surface area contributed by atoms with Gasteiger partial charge in [0.05, 0.1) is 12.5 Å². The molecule has 0 fully saturated rings. The Hall–Kier alpha value is -1.45. The second-order valence-electron chi connectivity index (χ2n) is 4.26. The van der Waals surface area contributed by atoms with Crippen molar-refractivity contribution >= 4 is 17.3 Å². The average Bonchev–Trinajstić information content (AvgIpc) is 2.84. The molecule has 0 aliphatic carbocycles. The zero-order valence-electron chi connectivity index (χ0n) is 10.6. The van der Waals surface area contributed by atoms with Crippen molar-refractivity contribution < 1.29 is 4.42 Å². The zero-order chi connectivity index (χ0) is 13.0. The highest BCUT2D eigenvalue weighted by Crippen LogP contribution is 2.27. The summed E-state index contributed by atoms with van der Waals surface area (Å²) >= 11 is 6.25. The minimum absolute atomic E-state index is 0.755. The predicted octanol–water partition coefficient (Wildman–Crippen LogP) is 3.29. The molecule has 2 aromatic rings. The molecule has 96 valence electrons. The van der Waals surface area contributed by atoms with Gasteiger partial charge >= 0.3 is 0 Å². The highest BCUT2D eigenvalue weighted by molar-refractivity contribution is 6.31. The first-order valence-corrected chi connectivity index (χ1v) is 6.24. The summed E-state index contributed by atoms with van der Waals surface area (Å²) in [7, 11) is 3.97. The van der Waals surface area contributed by atoms with Crippen LogP contribution in [0.3, 0.4) is 0 Å². The Morgan fingerprint density at radius 3 is 2.83 bits per heavy atom. The molecule has 0 aliphatic heterocycles. The third-order valence-electron chi connectivity index (χ3n) is 2.86. The molecule has 0 saturated heterocycles. The van der Waals surface area contributed by atoms with E-state index in [4.69, 9.17) is 16.0 Å². The van der Waals surface area contributed by atoms with Crippen LogP contribution in [0.4, 0.5) is 5.69 Å². The van der Waals surface area contributed by atoms with Crippen LogP contribution in [0.25, 0.3) is 0 Å². The fourth-order valence-corrected chi connectivity index (χ4v) is 2.23. The Kier molecular flexibility index (Phi) is 4.28. The summed E-state index contributed by atoms with van der Waals surface area (Å²) in [5, 5.41) is 3.94. The lowest BCUT2D eigenvalue weighted by Crippen LogP contribution is -2.19. The van der Waals surface area contributed by atoms with E-state index in [1.54, 1.807) is 12.5 Å². The topological polar surface area (TPSA) is 28.4 Å². The van der Waals surface area contributed by atoms with Gasteiger partial charge in [-0.3, -0.25) is 0 Å². The Bertz CT molecular complexity index is 497. The molecular formula is C14H17ClN2O. The molecule has 2 rings (SSSR count). The Morgan fingerprint density at radius 1 is 1.33 bits per heavy atom. The van der Waals surface area contributed by atoms with E-state index in [1.165, 1.54) is 0 Å². The molecule has 0 saturated carbocycles. The lowest BCUT2D eigenvalue weighted by Gasteiger charge is -2.22. The number of benzene rings is 1. The van der Waals surface area contributed by atoms with E-state index < -0.39 is 0 Å². The molecule has 0 amide bonds. The number of rotatable bonds is 5. The van der Waals surface area contributed by atoms with Crippen LogP contribution >= 0.6 is 11.6 Å². The van der Waals surface area contributed by atoms with E-state index in [-0.39, 0.29) is 0 Å². The van der Waals surface area contributed by atoms with E-state index in [1.807, 2.05) is 25.2 Å². The van der Waals surface area contributed by atoms with E-state index in [9.17, 15) is 0 Å². The second-order valence-corrected chi connectivity index (χ2v) is 4.66. The van der Waals surface area contributed by atoms with Crippen LogP contribution in [0, 0.1) is 0 Å². The monoisotopic (exact) mass is 264 g/mol. The van der Waals surface area contributed by atoms with Crippen molar-refractivity contribution in [2.75, 3.05) is 19.0 Å². The maximum Gasteiger partial charge on any atom is 0.0952 e. The Morgan fingerprint density at radius 2 is 2.17 bits per heavy atom. The normalized spacial score (nSPS) is 10.6. The van der Waals surface area contributed by atoms with Crippen LogP contribution in [-0.4, -0.2) is 14.1 Å². The van der Waals surface area contributed by atoms with Crippen molar-refractivity contribution in [1.82, 2.24) is 5.32 Å². The fraction of sp³-hybridized carbons (Fsp3) is 0.286. The van der Waals surface area contributed by atoms with Crippen molar-refractivity contribution in [3.8, 4) is 0 Å². The lowest BCUT2D eigenvalue weighted by molar-refractivity contribution is 0.563. The van der Waals surface area contributed by atoms with Gasteiger partial charge in [0, 0.05) is 42.0 Å². The minimum atomic E-state index is 0.755. The molecule has 3 nitrogen and oxygen atoms in total. The predicted molar refractivity (Wildman–Crippen MR) is 75.0 cm³/mol. The third-order valence-corrected chi connectivity index (χ3v) is 3.21. The molecule has 0 bridgehead atoms. The van der Waals surface area contributed by atoms with Gasteiger partial charge in [-0.2, -0.15) is 0 Å². The van der Waals surface area contributed by atoms with Crippen molar-refractivity contribution in [2.24, 2.45) is 0 Å². The first-order valence-electron chi connectivity index (χ1n) is 5.86. The number of hydrogen-bond acceptors (Lipinski definition) is 3. The van der Waals surface area contributed by atoms with Gasteiger partial charge in [0.25, 0.3) is 0 Å². The number of halogens is 1. The summed E-state index contributed by atoms with van der Waals surface area (Å²) in [6, 6.07) is 7.95. The molecule has 0 atom stereocenters. The summed E-state index contributed by atoms with van der Waals surface area (Å²) in [5.41, 5.74) is 3.40. The summed E-state index contributed by atoms with van der Waals surface area (Å²) in [6.45, 7) is 1.55. The summed E-state index contributed by atoms with van der Waals surface area (Å²) in [6.07, 6.45) is 3.45. The highest BCUT2D eigenvalue weighted by Gasteiger charge is 2.10. The maximum absolute atomic E-state index is 6.25. The fourth-order valence-electron chi connectivity index (χ4n) is 2.00. The SMILES string of the molecule is CNCc1c(Cl)cccc1N(C)Cc1ccoc1. The van der Waals surface area contributed by atoms with Crippen molar-refractivity contribution in [2.45, 2.75) is 13.1 Å². The first-order chi connectivity index (χ1) is 8.72. The van der Waals surface area contributed by atoms with Gasteiger partial charge in [0.15, 0.2) is 0 Å². The summed E-state index contributed by atoms with van der Waals surface area (Å²) in [4.78, 5) is 2.17. The van der Waals surface area contributed by atoms with E-state index in [0.717, 1.165) is 34.9 Å². The third kappa shape index (κ3) is 2.86. The molecule has 1 N–H and O–H groups in total. The standard InChI is InChI=1S/C14H17ClN2O/c1-16-8-12-13(15)4-3-5-14(12)17(2)9-11-6-7-18-10-11/h3-7,10,16H,8-9H2,1-2H3. The zero-order valence-corrected chi connectivity index (χ0v) is 11.4. The van der Waals surface area contributed by atoms with E-state index in [0.29, 0.717) is 0 Å². The Labute approximate surface area is 112 Å². The van der Waals surface area contributed by atoms with Crippen LogP contribution in [0.15, 0.2) is 41.2 Å². The van der Waals surface area contributed by atoms with Crippen LogP contribution in [0.1, 0.15) is 11.1 Å². The molecule has 0 aliphatic rings. The van der Waals surface area contributed by atoms with Gasteiger partial charge in [0.2, 0.25) is 0 Å². The smallest absolute Gasteiger partial charge is 0.0952 e. The van der Waals surface area contributed by atoms with Gasteiger partial charge in [-0.25, -0.2) is 0 Å². The minimum Gasteiger partial charge on any atom is -0.472 e. The van der Waals surface area contributed by atoms with Crippen molar-refractivity contribution in [3.05, 3.63) is 52.9 Å². The molecule has 18 heavy (non-hydrogen) atoms. The average molecular weight is 265 g/mol. The number of furan rings is 1. The highest BCUT2D eigenvalue weighted by atomic mass is 35.5. The summed E-state index contributed by atoms with van der Waals surface area (Å²) in [5.74, 6) is 0. The Balaban J connectivity index is 2.23. The van der Waals surface area contributed by atoms with Crippen LogP contribution in [0.5, 0.6) is 0 Å². The van der Waals surface area contributed by atoms with Crippen molar-refractivity contribution in [3.63, 3.8) is 0 Å². The largest absolute Gasteiger partial charge is 0.472 e. The van der Waals surface area contributed by atoms with Crippen LogP contribution < -0.4 is 10.2 Å². The number of nitrogens with zero attached hydrogens (tertiary/aromatic N) is 1. The molecule has 4 heteroatoms.